The summed E-state index contributed by atoms with van der Waals surface area (Å²) in [4.78, 5) is 32.3. The number of aromatic nitrogens is 3. The Morgan fingerprint density at radius 1 is 1.04 bits per heavy atom. The quantitative estimate of drug-likeness (QED) is 0.736. The lowest BCUT2D eigenvalue weighted by Gasteiger charge is -2.06. The molecule has 2 N–H and O–H groups in total. The van der Waals surface area contributed by atoms with E-state index in [4.69, 9.17) is 4.52 Å². The van der Waals surface area contributed by atoms with E-state index in [0.717, 1.165) is 5.56 Å². The van der Waals surface area contributed by atoms with Gasteiger partial charge in [-0.15, -0.1) is 0 Å². The van der Waals surface area contributed by atoms with E-state index in [2.05, 4.69) is 25.8 Å². The van der Waals surface area contributed by atoms with Crippen molar-refractivity contribution in [2.75, 3.05) is 5.32 Å². The van der Waals surface area contributed by atoms with E-state index in [1.54, 1.807) is 25.4 Å². The van der Waals surface area contributed by atoms with Crippen molar-refractivity contribution < 1.29 is 14.1 Å². The Morgan fingerprint density at radius 2 is 1.76 bits per heavy atom. The van der Waals surface area contributed by atoms with Crippen LogP contribution in [0.5, 0.6) is 0 Å². The molecular weight excluding hydrogens is 322 g/mol. The van der Waals surface area contributed by atoms with Gasteiger partial charge in [-0.2, -0.15) is 0 Å². The second-order valence-electron chi connectivity index (χ2n) is 5.28. The van der Waals surface area contributed by atoms with Gasteiger partial charge in [0.05, 0.1) is 11.1 Å². The van der Waals surface area contributed by atoms with Crippen molar-refractivity contribution in [1.82, 2.24) is 20.4 Å². The number of carbonyl (C=O) groups excluding carboxylic acids is 2. The smallest absolute Gasteiger partial charge is 0.258 e. The lowest BCUT2D eigenvalue weighted by molar-refractivity contribution is 0.0950. The van der Waals surface area contributed by atoms with E-state index in [9.17, 15) is 9.59 Å². The number of rotatable bonds is 5. The standard InChI is InChI=1S/C17H15N5O3/c1-11-6-15(22-25-11)21-17(24)14-7-13(9-19-10-14)16(23)20-8-12-2-4-18-5-3-12/h2-7,9-10H,8H2,1H3,(H,20,23)(H,21,22,24). The van der Waals surface area contributed by atoms with Gasteiger partial charge in [0.2, 0.25) is 0 Å². The molecule has 3 rings (SSSR count). The number of hydrogen-bond donors (Lipinski definition) is 2. The van der Waals surface area contributed by atoms with Gasteiger partial charge in [-0.25, -0.2) is 0 Å². The maximum atomic E-state index is 12.2. The molecule has 3 heterocycles. The first kappa shape index (κ1) is 16.3. The van der Waals surface area contributed by atoms with Crippen LogP contribution in [-0.4, -0.2) is 26.9 Å². The number of hydrogen-bond acceptors (Lipinski definition) is 6. The Hall–Kier alpha value is -3.55. The predicted molar refractivity (Wildman–Crippen MR) is 88.8 cm³/mol. The van der Waals surface area contributed by atoms with Gasteiger partial charge in [-0.05, 0) is 30.7 Å². The Morgan fingerprint density at radius 3 is 2.44 bits per heavy atom. The summed E-state index contributed by atoms with van der Waals surface area (Å²) in [5, 5.41) is 9.04. The predicted octanol–water partition coefficient (Wildman–Crippen LogP) is 1.96. The molecule has 0 unspecified atom stereocenters. The van der Waals surface area contributed by atoms with Crippen molar-refractivity contribution in [2.45, 2.75) is 13.5 Å². The lowest BCUT2D eigenvalue weighted by Crippen LogP contribution is -2.23. The van der Waals surface area contributed by atoms with Crippen LogP contribution in [0.25, 0.3) is 0 Å². The number of carbonyl (C=O) groups is 2. The molecule has 0 aliphatic heterocycles. The van der Waals surface area contributed by atoms with Crippen molar-refractivity contribution in [2.24, 2.45) is 0 Å². The summed E-state index contributed by atoms with van der Waals surface area (Å²) >= 11 is 0. The third kappa shape index (κ3) is 4.25. The molecule has 25 heavy (non-hydrogen) atoms. The molecule has 3 aromatic heterocycles. The molecule has 3 aromatic rings. The minimum atomic E-state index is -0.426. The van der Waals surface area contributed by atoms with Crippen molar-refractivity contribution in [3.05, 3.63) is 71.5 Å². The third-order valence-corrected chi connectivity index (χ3v) is 3.33. The first-order valence-corrected chi connectivity index (χ1v) is 7.48. The Balaban J connectivity index is 1.66. The van der Waals surface area contributed by atoms with Gasteiger partial charge in [-0.3, -0.25) is 19.6 Å². The Bertz CT molecular complexity index is 892. The number of aryl methyl sites for hydroxylation is 1. The van der Waals surface area contributed by atoms with Crippen LogP contribution in [0, 0.1) is 6.92 Å². The van der Waals surface area contributed by atoms with Crippen LogP contribution in [0.3, 0.4) is 0 Å². The van der Waals surface area contributed by atoms with Crippen LogP contribution in [0.15, 0.2) is 53.6 Å². The second-order valence-corrected chi connectivity index (χ2v) is 5.28. The summed E-state index contributed by atoms with van der Waals surface area (Å²) in [6.07, 6.45) is 6.08. The van der Waals surface area contributed by atoms with E-state index in [0.29, 0.717) is 18.1 Å². The van der Waals surface area contributed by atoms with Gasteiger partial charge in [0.1, 0.15) is 5.76 Å². The Labute approximate surface area is 143 Å². The van der Waals surface area contributed by atoms with Crippen LogP contribution in [0.4, 0.5) is 5.82 Å². The highest BCUT2D eigenvalue weighted by atomic mass is 16.5. The summed E-state index contributed by atoms with van der Waals surface area (Å²) in [7, 11) is 0. The summed E-state index contributed by atoms with van der Waals surface area (Å²) in [5.74, 6) is 0.133. The fourth-order valence-electron chi connectivity index (χ4n) is 2.09. The number of nitrogens with zero attached hydrogens (tertiary/aromatic N) is 3. The molecule has 0 spiro atoms. The van der Waals surface area contributed by atoms with Crippen molar-refractivity contribution >= 4 is 17.6 Å². The van der Waals surface area contributed by atoms with Crippen LogP contribution >= 0.6 is 0 Å². The number of anilines is 1. The van der Waals surface area contributed by atoms with E-state index in [-0.39, 0.29) is 17.0 Å². The van der Waals surface area contributed by atoms with Crippen molar-refractivity contribution in [3.8, 4) is 0 Å². The van der Waals surface area contributed by atoms with Crippen molar-refractivity contribution in [1.29, 1.82) is 0 Å². The van der Waals surface area contributed by atoms with Gasteiger partial charge in [0.15, 0.2) is 5.82 Å². The zero-order valence-electron chi connectivity index (χ0n) is 13.4. The van der Waals surface area contributed by atoms with E-state index in [1.807, 2.05) is 12.1 Å². The molecule has 0 aromatic carbocycles. The topological polar surface area (TPSA) is 110 Å². The zero-order chi connectivity index (χ0) is 17.6. The molecule has 0 saturated carbocycles. The first-order chi connectivity index (χ1) is 12.1. The Kier molecular flexibility index (Phi) is 4.79. The monoisotopic (exact) mass is 337 g/mol. The fourth-order valence-corrected chi connectivity index (χ4v) is 2.09. The van der Waals surface area contributed by atoms with Gasteiger partial charge >= 0.3 is 0 Å². The largest absolute Gasteiger partial charge is 0.360 e. The summed E-state index contributed by atoms with van der Waals surface area (Å²) in [6, 6.07) is 6.68. The average molecular weight is 337 g/mol. The molecule has 0 bridgehead atoms. The van der Waals surface area contributed by atoms with Crippen LogP contribution in [0.1, 0.15) is 32.0 Å². The highest BCUT2D eigenvalue weighted by molar-refractivity contribution is 6.05. The fraction of sp³-hybridized carbons (Fsp3) is 0.118. The lowest BCUT2D eigenvalue weighted by atomic mass is 10.2. The van der Waals surface area contributed by atoms with Gasteiger partial charge in [-0.1, -0.05) is 5.16 Å². The van der Waals surface area contributed by atoms with E-state index in [1.165, 1.54) is 18.5 Å². The first-order valence-electron chi connectivity index (χ1n) is 7.48. The minimum absolute atomic E-state index is 0.247. The number of nitrogens with one attached hydrogen (secondary N) is 2. The second kappa shape index (κ2) is 7.35. The summed E-state index contributed by atoms with van der Waals surface area (Å²) in [5.41, 5.74) is 1.46. The maximum Gasteiger partial charge on any atom is 0.258 e. The molecule has 0 saturated heterocycles. The average Bonchev–Trinajstić information content (AvgIpc) is 3.05. The van der Waals surface area contributed by atoms with Gasteiger partial charge in [0, 0.05) is 37.4 Å². The molecular formula is C17H15N5O3. The van der Waals surface area contributed by atoms with E-state index < -0.39 is 5.91 Å². The number of pyridine rings is 2. The highest BCUT2D eigenvalue weighted by Crippen LogP contribution is 2.10. The summed E-state index contributed by atoms with van der Waals surface area (Å²) in [6.45, 7) is 2.08. The van der Waals surface area contributed by atoms with Crippen molar-refractivity contribution in [3.63, 3.8) is 0 Å². The normalized spacial score (nSPS) is 10.3. The minimum Gasteiger partial charge on any atom is -0.360 e. The van der Waals surface area contributed by atoms with Crippen LogP contribution in [-0.2, 0) is 6.54 Å². The molecule has 0 atom stereocenters. The van der Waals surface area contributed by atoms with Crippen LogP contribution in [0.2, 0.25) is 0 Å². The molecule has 8 heteroatoms. The molecule has 0 fully saturated rings. The number of amides is 2. The molecule has 8 nitrogen and oxygen atoms in total. The third-order valence-electron chi connectivity index (χ3n) is 3.33. The molecule has 0 aliphatic rings. The van der Waals surface area contributed by atoms with Crippen LogP contribution < -0.4 is 10.6 Å². The maximum absolute atomic E-state index is 12.2. The van der Waals surface area contributed by atoms with Gasteiger partial charge < -0.3 is 15.2 Å². The molecule has 2 amide bonds. The molecule has 0 aliphatic carbocycles. The summed E-state index contributed by atoms with van der Waals surface area (Å²) < 4.78 is 4.89. The van der Waals surface area contributed by atoms with E-state index >= 15 is 0 Å². The molecule has 126 valence electrons. The zero-order valence-corrected chi connectivity index (χ0v) is 13.4. The SMILES string of the molecule is Cc1cc(NC(=O)c2cncc(C(=O)NCc3ccncc3)c2)no1. The highest BCUT2D eigenvalue weighted by Gasteiger charge is 2.13. The molecule has 0 radical (unpaired) electrons. The van der Waals surface area contributed by atoms with Gasteiger partial charge in [0.25, 0.3) is 11.8 Å².